The molecule has 0 atom stereocenters. The number of halogens is 4. The van der Waals surface area contributed by atoms with Crippen LogP contribution in [0.1, 0.15) is 25.7 Å². The lowest BCUT2D eigenvalue weighted by atomic mass is 10.0. The van der Waals surface area contributed by atoms with Crippen LogP contribution in [0.2, 0.25) is 0 Å². The van der Waals surface area contributed by atoms with E-state index >= 15 is 0 Å². The second-order valence-corrected chi connectivity index (χ2v) is 14.8. The fourth-order valence-corrected chi connectivity index (χ4v) is 5.47. The van der Waals surface area contributed by atoms with Crippen molar-refractivity contribution in [2.24, 2.45) is 23.7 Å². The van der Waals surface area contributed by atoms with Crippen molar-refractivity contribution in [1.82, 2.24) is 0 Å². The highest BCUT2D eigenvalue weighted by molar-refractivity contribution is 14.2. The van der Waals surface area contributed by atoms with E-state index in [9.17, 15) is 0 Å². The van der Waals surface area contributed by atoms with Crippen LogP contribution in [0, 0.1) is 23.7 Å². The summed E-state index contributed by atoms with van der Waals surface area (Å²) in [6, 6.07) is 0. The Morgan fingerprint density at radius 1 is 0.643 bits per heavy atom. The summed E-state index contributed by atoms with van der Waals surface area (Å²) in [7, 11) is 0. The van der Waals surface area contributed by atoms with Crippen LogP contribution in [0.15, 0.2) is 0 Å². The highest BCUT2D eigenvalue weighted by Crippen LogP contribution is 2.54. The van der Waals surface area contributed by atoms with Gasteiger partial charge in [-0.25, -0.2) is 0 Å². The third kappa shape index (κ3) is 3.02. The fourth-order valence-electron chi connectivity index (χ4n) is 3.12. The molecule has 2 aliphatic rings. The Balaban J connectivity index is 1.90. The van der Waals surface area contributed by atoms with Crippen molar-refractivity contribution in [3.8, 4) is 0 Å². The van der Waals surface area contributed by atoms with Crippen molar-refractivity contribution >= 4 is 90.4 Å². The molecule has 4 heteroatoms. The molecule has 0 unspecified atom stereocenters. The predicted molar refractivity (Wildman–Crippen MR) is 96.1 cm³/mol. The molecule has 0 bridgehead atoms. The summed E-state index contributed by atoms with van der Waals surface area (Å²) in [4.78, 5) is 0. The van der Waals surface area contributed by atoms with Gasteiger partial charge in [0.25, 0.3) is 0 Å². The van der Waals surface area contributed by atoms with E-state index in [2.05, 4.69) is 90.4 Å². The zero-order chi connectivity index (χ0) is 10.3. The number of alkyl halides is 4. The molecule has 14 heavy (non-hydrogen) atoms. The molecule has 82 valence electrons. The Labute approximate surface area is 141 Å². The van der Waals surface area contributed by atoms with Crippen LogP contribution < -0.4 is 0 Å². The minimum absolute atomic E-state index is 0.865. The fraction of sp³-hybridized carbons (Fsp3) is 1.00. The summed E-state index contributed by atoms with van der Waals surface area (Å²) in [5.41, 5.74) is 0. The van der Waals surface area contributed by atoms with Crippen molar-refractivity contribution < 1.29 is 0 Å². The molecular weight excluding hydrogens is 628 g/mol. The molecule has 2 rings (SSSR count). The summed E-state index contributed by atoms with van der Waals surface area (Å²) in [5, 5.41) is 0. The number of rotatable bonds is 2. The Morgan fingerprint density at radius 3 is 1.14 bits per heavy atom. The Kier molecular flexibility index (Phi) is 5.44. The zero-order valence-electron chi connectivity index (χ0n) is 7.80. The maximum Gasteiger partial charge on any atom is 0.0654 e. The summed E-state index contributed by atoms with van der Waals surface area (Å²) < 4.78 is 1.73. The van der Waals surface area contributed by atoms with Crippen LogP contribution in [0.4, 0.5) is 0 Å². The topological polar surface area (TPSA) is 0 Å². The van der Waals surface area contributed by atoms with Gasteiger partial charge in [0.1, 0.15) is 0 Å². The molecule has 0 aromatic rings. The van der Waals surface area contributed by atoms with E-state index in [0.717, 1.165) is 27.5 Å². The maximum absolute atomic E-state index is 2.61. The largest absolute Gasteiger partial charge is 0.0707 e. The van der Waals surface area contributed by atoms with E-state index in [1.54, 1.807) is 0 Å². The maximum atomic E-state index is 2.61. The Morgan fingerprint density at radius 2 is 0.929 bits per heavy atom. The van der Waals surface area contributed by atoms with Crippen molar-refractivity contribution in [2.75, 3.05) is 0 Å². The normalized spacial score (nSPS) is 42.4. The summed E-state index contributed by atoms with van der Waals surface area (Å²) in [6.07, 6.45) is 6.10. The first-order valence-corrected chi connectivity index (χ1v) is 10.1. The van der Waals surface area contributed by atoms with E-state index in [4.69, 9.17) is 0 Å². The van der Waals surface area contributed by atoms with Gasteiger partial charge in [-0.3, -0.25) is 0 Å². The molecule has 0 aliphatic heterocycles. The molecular formula is C10H14I4. The van der Waals surface area contributed by atoms with Crippen molar-refractivity contribution in [3.63, 3.8) is 0 Å². The van der Waals surface area contributed by atoms with Gasteiger partial charge in [-0.1, -0.05) is 90.4 Å². The van der Waals surface area contributed by atoms with Crippen LogP contribution in [-0.2, 0) is 0 Å². The average Bonchev–Trinajstić information content (AvgIpc) is 2.57. The summed E-state index contributed by atoms with van der Waals surface area (Å²) in [6.45, 7) is 0. The first-order valence-electron chi connectivity index (χ1n) is 5.14. The van der Waals surface area contributed by atoms with Gasteiger partial charge in [-0.2, -0.15) is 0 Å². The van der Waals surface area contributed by atoms with Gasteiger partial charge in [0.05, 0.1) is 3.86 Å². The highest BCUT2D eigenvalue weighted by atomic mass is 127. The third-order valence-electron chi connectivity index (χ3n) is 3.80. The predicted octanol–water partition coefficient (Wildman–Crippen LogP) is 5.43. The minimum Gasteiger partial charge on any atom is -0.0707 e. The molecule has 0 aromatic carbocycles. The standard InChI is InChI=1S/C10H14I4/c11-9(12)7-1-5-2-8(10(13)14)4-6(5)3-7/h5-10H,1-4H2/t5?,6?,7-,8+. The molecule has 0 saturated heterocycles. The molecule has 2 saturated carbocycles. The Bertz CT molecular complexity index is 170. The van der Waals surface area contributed by atoms with Gasteiger partial charge < -0.3 is 0 Å². The van der Waals surface area contributed by atoms with Gasteiger partial charge in [-0.15, -0.1) is 0 Å². The number of fused-ring (bicyclic) bond motifs is 1. The van der Waals surface area contributed by atoms with Gasteiger partial charge in [0, 0.05) is 0 Å². The van der Waals surface area contributed by atoms with Gasteiger partial charge in [0.15, 0.2) is 0 Å². The molecule has 2 fully saturated rings. The summed E-state index contributed by atoms with van der Waals surface area (Å²) >= 11 is 10.4. The molecule has 0 aromatic heterocycles. The monoisotopic (exact) mass is 642 g/mol. The third-order valence-corrected chi connectivity index (χ3v) is 7.87. The lowest BCUT2D eigenvalue weighted by Gasteiger charge is -2.16. The quantitative estimate of drug-likeness (QED) is 0.279. The molecule has 0 radical (unpaired) electrons. The van der Waals surface area contributed by atoms with Gasteiger partial charge >= 0.3 is 0 Å². The van der Waals surface area contributed by atoms with E-state index in [1.807, 2.05) is 0 Å². The van der Waals surface area contributed by atoms with Crippen LogP contribution in [0.3, 0.4) is 0 Å². The summed E-state index contributed by atoms with van der Waals surface area (Å²) in [5.74, 6) is 4.22. The van der Waals surface area contributed by atoms with Crippen molar-refractivity contribution in [3.05, 3.63) is 0 Å². The van der Waals surface area contributed by atoms with Gasteiger partial charge in [-0.05, 0) is 49.4 Å². The lowest BCUT2D eigenvalue weighted by Crippen LogP contribution is -2.09. The first-order chi connectivity index (χ1) is 6.58. The van der Waals surface area contributed by atoms with E-state index in [1.165, 1.54) is 25.7 Å². The van der Waals surface area contributed by atoms with Crippen molar-refractivity contribution in [1.29, 1.82) is 0 Å². The van der Waals surface area contributed by atoms with Crippen LogP contribution >= 0.6 is 90.4 Å². The van der Waals surface area contributed by atoms with Gasteiger partial charge in [0.2, 0.25) is 0 Å². The zero-order valence-corrected chi connectivity index (χ0v) is 16.4. The SMILES string of the molecule is IC(I)[C@H]1CC2C[C@@H](C(I)I)CC2C1. The van der Waals surface area contributed by atoms with E-state index in [0.29, 0.717) is 0 Å². The van der Waals surface area contributed by atoms with Crippen LogP contribution in [-0.4, -0.2) is 3.86 Å². The van der Waals surface area contributed by atoms with Crippen LogP contribution in [0.25, 0.3) is 0 Å². The smallest absolute Gasteiger partial charge is 0.0654 e. The minimum atomic E-state index is 0.865. The number of hydrogen-bond donors (Lipinski definition) is 0. The van der Waals surface area contributed by atoms with Crippen molar-refractivity contribution in [2.45, 2.75) is 29.5 Å². The lowest BCUT2D eigenvalue weighted by molar-refractivity contribution is 0.457. The van der Waals surface area contributed by atoms with E-state index in [-0.39, 0.29) is 0 Å². The molecule has 0 spiro atoms. The Hall–Kier alpha value is 2.92. The number of hydrogen-bond acceptors (Lipinski definition) is 0. The second-order valence-electron chi connectivity index (χ2n) is 4.65. The highest BCUT2D eigenvalue weighted by Gasteiger charge is 2.44. The molecule has 2 aliphatic carbocycles. The molecule has 0 N–H and O–H groups in total. The molecule has 0 amide bonds. The molecule has 0 nitrogen and oxygen atoms in total. The van der Waals surface area contributed by atoms with E-state index < -0.39 is 0 Å². The average molecular weight is 642 g/mol. The second kappa shape index (κ2) is 5.71. The first kappa shape index (κ1) is 13.4. The molecule has 0 heterocycles. The van der Waals surface area contributed by atoms with Crippen LogP contribution in [0.5, 0.6) is 0 Å².